The van der Waals surface area contributed by atoms with Crippen molar-refractivity contribution in [3.8, 4) is 11.6 Å². The molecule has 1 N–H and O–H groups in total. The van der Waals surface area contributed by atoms with Gasteiger partial charge in [-0.05, 0) is 19.1 Å². The molecule has 0 radical (unpaired) electrons. The first-order valence-corrected chi connectivity index (χ1v) is 8.15. The van der Waals surface area contributed by atoms with Crippen molar-refractivity contribution in [2.24, 2.45) is 13.0 Å². The van der Waals surface area contributed by atoms with Gasteiger partial charge in [-0.25, -0.2) is 0 Å². The molecule has 2 aromatic rings. The third-order valence-corrected chi connectivity index (χ3v) is 4.73. The molecule has 24 heavy (non-hydrogen) atoms. The van der Waals surface area contributed by atoms with Crippen LogP contribution in [0.4, 0.5) is 0 Å². The molecule has 2 aromatic heterocycles. The molecule has 0 unspecified atom stereocenters. The van der Waals surface area contributed by atoms with E-state index in [0.717, 1.165) is 17.9 Å². The maximum atomic E-state index is 12.1. The Kier molecular flexibility index (Phi) is 3.85. The molecule has 128 valence electrons. The zero-order chi connectivity index (χ0) is 16.7. The number of nitrogens with one attached hydrogen (secondary N) is 1. The first kappa shape index (κ1) is 15.3. The number of fused-ring (bicyclic) bond motifs is 3. The highest BCUT2D eigenvalue weighted by Crippen LogP contribution is 2.21. The summed E-state index contributed by atoms with van der Waals surface area (Å²) in [5, 5.41) is 11.4. The number of hydrogen-bond donors (Lipinski definition) is 1. The van der Waals surface area contributed by atoms with Crippen LogP contribution in [0.3, 0.4) is 0 Å². The third-order valence-electron chi connectivity index (χ3n) is 4.73. The van der Waals surface area contributed by atoms with Crippen LogP contribution in [0.2, 0.25) is 0 Å². The third kappa shape index (κ3) is 2.83. The van der Waals surface area contributed by atoms with Gasteiger partial charge in [-0.1, -0.05) is 0 Å². The second kappa shape index (κ2) is 6.03. The number of nitrogens with zero attached hydrogens (tertiary/aromatic N) is 4. The van der Waals surface area contributed by atoms with Crippen molar-refractivity contribution in [1.29, 1.82) is 0 Å². The summed E-state index contributed by atoms with van der Waals surface area (Å²) in [5.41, 5.74) is 2.04. The standard InChI is InChI=1S/C16H21N5O3/c1-10-3-4-13(20(10)2)16-19-18-14(24-16)7-21-5-11-8-23-9-12(6-21)17-15(11)22/h3-4,11-12H,5-9H2,1-2H3,(H,17,22)/t11-,12+/m1/s1. The van der Waals surface area contributed by atoms with Crippen molar-refractivity contribution < 1.29 is 13.9 Å². The highest BCUT2D eigenvalue weighted by molar-refractivity contribution is 5.79. The Hall–Kier alpha value is -2.19. The van der Waals surface area contributed by atoms with E-state index in [9.17, 15) is 4.79 Å². The number of carbonyl (C=O) groups excluding carboxylic acids is 1. The van der Waals surface area contributed by atoms with Crippen LogP contribution in [0.5, 0.6) is 0 Å². The van der Waals surface area contributed by atoms with E-state index in [2.05, 4.69) is 20.4 Å². The fourth-order valence-electron chi connectivity index (χ4n) is 3.29. The summed E-state index contributed by atoms with van der Waals surface area (Å²) in [6.45, 7) is 4.96. The van der Waals surface area contributed by atoms with Crippen LogP contribution in [0, 0.1) is 12.8 Å². The minimum absolute atomic E-state index is 0.0166. The Morgan fingerprint density at radius 3 is 2.96 bits per heavy atom. The number of ether oxygens (including phenoxy) is 1. The molecule has 2 aliphatic rings. The smallest absolute Gasteiger partial charge is 0.264 e. The van der Waals surface area contributed by atoms with Crippen LogP contribution in [0.15, 0.2) is 16.5 Å². The van der Waals surface area contributed by atoms with Gasteiger partial charge in [-0.15, -0.1) is 10.2 Å². The van der Waals surface area contributed by atoms with Gasteiger partial charge in [0.05, 0.1) is 31.7 Å². The SMILES string of the molecule is Cc1ccc(-c2nnc(CN3C[C@H]4COC[C@@H](C3)C(=O)N4)o2)n1C. The second-order valence-corrected chi connectivity index (χ2v) is 6.55. The summed E-state index contributed by atoms with van der Waals surface area (Å²) < 4.78 is 13.4. The lowest BCUT2D eigenvalue weighted by Gasteiger charge is -2.25. The fourth-order valence-corrected chi connectivity index (χ4v) is 3.29. The summed E-state index contributed by atoms with van der Waals surface area (Å²) in [6.07, 6.45) is 0. The second-order valence-electron chi connectivity index (χ2n) is 6.55. The summed E-state index contributed by atoms with van der Waals surface area (Å²) in [7, 11) is 1.97. The number of aromatic nitrogens is 3. The van der Waals surface area contributed by atoms with Crippen LogP contribution in [-0.2, 0) is 23.1 Å². The molecule has 0 saturated carbocycles. The summed E-state index contributed by atoms with van der Waals surface area (Å²) in [6, 6.07) is 4.01. The van der Waals surface area contributed by atoms with Gasteiger partial charge in [0.2, 0.25) is 11.8 Å². The molecule has 2 bridgehead atoms. The van der Waals surface area contributed by atoms with E-state index in [1.807, 2.05) is 30.7 Å². The molecular weight excluding hydrogens is 310 g/mol. The molecule has 8 heteroatoms. The minimum Gasteiger partial charge on any atom is -0.418 e. The molecule has 4 heterocycles. The number of carbonyl (C=O) groups is 1. The quantitative estimate of drug-likeness (QED) is 0.872. The van der Waals surface area contributed by atoms with E-state index in [1.165, 1.54) is 0 Å². The molecule has 2 aliphatic heterocycles. The Labute approximate surface area is 139 Å². The maximum Gasteiger partial charge on any atom is 0.264 e. The summed E-state index contributed by atoms with van der Waals surface area (Å²) >= 11 is 0. The fraction of sp³-hybridized carbons (Fsp3) is 0.562. The van der Waals surface area contributed by atoms with Gasteiger partial charge in [0, 0.05) is 25.8 Å². The van der Waals surface area contributed by atoms with Crippen molar-refractivity contribution >= 4 is 5.91 Å². The van der Waals surface area contributed by atoms with Gasteiger partial charge < -0.3 is 19.0 Å². The molecule has 4 rings (SSSR count). The van der Waals surface area contributed by atoms with Gasteiger partial charge in [0.25, 0.3) is 5.89 Å². The van der Waals surface area contributed by atoms with E-state index in [0.29, 0.717) is 38.1 Å². The largest absolute Gasteiger partial charge is 0.418 e. The van der Waals surface area contributed by atoms with Crippen LogP contribution in [0.25, 0.3) is 11.6 Å². The molecule has 2 saturated heterocycles. The summed E-state index contributed by atoms with van der Waals surface area (Å²) in [5.74, 6) is 1.02. The van der Waals surface area contributed by atoms with E-state index in [1.54, 1.807) is 0 Å². The zero-order valence-electron chi connectivity index (χ0n) is 13.9. The van der Waals surface area contributed by atoms with Crippen LogP contribution in [-0.4, -0.2) is 57.9 Å². The number of rotatable bonds is 3. The Morgan fingerprint density at radius 1 is 1.29 bits per heavy atom. The van der Waals surface area contributed by atoms with Crippen molar-refractivity contribution in [2.75, 3.05) is 26.3 Å². The highest BCUT2D eigenvalue weighted by atomic mass is 16.5. The number of amides is 1. The van der Waals surface area contributed by atoms with Crippen molar-refractivity contribution in [3.63, 3.8) is 0 Å². The van der Waals surface area contributed by atoms with E-state index < -0.39 is 0 Å². The van der Waals surface area contributed by atoms with E-state index in [4.69, 9.17) is 9.15 Å². The molecule has 0 aliphatic carbocycles. The molecule has 8 nitrogen and oxygen atoms in total. The molecule has 0 spiro atoms. The van der Waals surface area contributed by atoms with Crippen LogP contribution >= 0.6 is 0 Å². The predicted octanol–water partition coefficient (Wildman–Crippen LogP) is 0.330. The molecule has 0 aromatic carbocycles. The van der Waals surface area contributed by atoms with Gasteiger partial charge in [0.1, 0.15) is 5.69 Å². The van der Waals surface area contributed by atoms with Crippen molar-refractivity contribution in [3.05, 3.63) is 23.7 Å². The highest BCUT2D eigenvalue weighted by Gasteiger charge is 2.33. The van der Waals surface area contributed by atoms with Gasteiger partial charge in [-0.2, -0.15) is 0 Å². The first-order valence-electron chi connectivity index (χ1n) is 8.15. The topological polar surface area (TPSA) is 85.4 Å². The molecule has 2 fully saturated rings. The Balaban J connectivity index is 1.50. The van der Waals surface area contributed by atoms with Gasteiger partial charge in [0.15, 0.2) is 0 Å². The lowest BCUT2D eigenvalue weighted by molar-refractivity contribution is -0.125. The summed E-state index contributed by atoms with van der Waals surface area (Å²) in [4.78, 5) is 14.2. The molecule has 2 atom stereocenters. The zero-order valence-corrected chi connectivity index (χ0v) is 13.9. The van der Waals surface area contributed by atoms with Crippen LogP contribution < -0.4 is 5.32 Å². The Bertz CT molecular complexity index is 753. The van der Waals surface area contributed by atoms with Crippen LogP contribution in [0.1, 0.15) is 11.6 Å². The number of aryl methyl sites for hydroxylation is 1. The van der Waals surface area contributed by atoms with Gasteiger partial charge in [-0.3, -0.25) is 9.69 Å². The van der Waals surface area contributed by atoms with Gasteiger partial charge >= 0.3 is 0 Å². The number of hydrogen-bond acceptors (Lipinski definition) is 6. The molecule has 1 amide bonds. The monoisotopic (exact) mass is 331 g/mol. The normalized spacial score (nSPS) is 24.7. The Morgan fingerprint density at radius 2 is 2.17 bits per heavy atom. The maximum absolute atomic E-state index is 12.1. The molecular formula is C16H21N5O3. The first-order chi connectivity index (χ1) is 11.6. The van der Waals surface area contributed by atoms with Crippen molar-refractivity contribution in [1.82, 2.24) is 25.0 Å². The predicted molar refractivity (Wildman–Crippen MR) is 85.0 cm³/mol. The van der Waals surface area contributed by atoms with E-state index in [-0.39, 0.29) is 17.9 Å². The van der Waals surface area contributed by atoms with E-state index >= 15 is 0 Å². The minimum atomic E-state index is -0.143. The van der Waals surface area contributed by atoms with Crippen molar-refractivity contribution in [2.45, 2.75) is 19.5 Å². The lowest BCUT2D eigenvalue weighted by atomic mass is 10.1. The lowest BCUT2D eigenvalue weighted by Crippen LogP contribution is -2.41. The average molecular weight is 331 g/mol. The average Bonchev–Trinajstić information content (AvgIpc) is 3.02.